The maximum Gasteiger partial charge on any atom is 0.368 e. The summed E-state index contributed by atoms with van der Waals surface area (Å²) in [7, 11) is -2.63. The number of benzene rings is 3. The molecule has 0 aliphatic carbocycles. The summed E-state index contributed by atoms with van der Waals surface area (Å²) >= 11 is 0. The highest BCUT2D eigenvalue weighted by molar-refractivity contribution is 7.87. The molecule has 8 heteroatoms. The molecule has 0 bridgehead atoms. The molecule has 0 fully saturated rings. The summed E-state index contributed by atoms with van der Waals surface area (Å²) in [6.45, 7) is 0. The molecule has 0 saturated heterocycles. The van der Waals surface area contributed by atoms with Crippen molar-refractivity contribution >= 4 is 27.9 Å². The Labute approximate surface area is 179 Å². The Morgan fingerprint density at radius 3 is 2.26 bits per heavy atom. The molecule has 0 N–H and O–H groups in total. The summed E-state index contributed by atoms with van der Waals surface area (Å²) in [5, 5.41) is 3.87. The number of rotatable bonds is 6. The highest BCUT2D eigenvalue weighted by Gasteiger charge is 2.27. The molecule has 0 spiro atoms. The highest BCUT2D eigenvalue weighted by atomic mass is 32.2. The third-order valence-corrected chi connectivity index (χ3v) is 5.72. The van der Waals surface area contributed by atoms with Crippen LogP contribution in [-0.4, -0.2) is 27.2 Å². The van der Waals surface area contributed by atoms with Gasteiger partial charge in [-0.2, -0.15) is 8.42 Å². The van der Waals surface area contributed by atoms with Gasteiger partial charge in [0.05, 0.1) is 12.7 Å². The second-order valence-corrected chi connectivity index (χ2v) is 8.05. The molecule has 31 heavy (non-hydrogen) atoms. The molecule has 4 rings (SSSR count). The van der Waals surface area contributed by atoms with E-state index in [0.717, 1.165) is 5.56 Å². The minimum absolute atomic E-state index is 0.0273. The van der Waals surface area contributed by atoms with Gasteiger partial charge in [-0.1, -0.05) is 59.8 Å². The Hall–Kier alpha value is -3.91. The first-order valence-electron chi connectivity index (χ1n) is 9.22. The van der Waals surface area contributed by atoms with Crippen molar-refractivity contribution in [1.82, 2.24) is 0 Å². The van der Waals surface area contributed by atoms with Crippen molar-refractivity contribution < 1.29 is 27.0 Å². The van der Waals surface area contributed by atoms with Crippen molar-refractivity contribution in [2.75, 3.05) is 7.11 Å². The van der Waals surface area contributed by atoms with Gasteiger partial charge < -0.3 is 13.8 Å². The zero-order chi connectivity index (χ0) is 21.8. The summed E-state index contributed by atoms with van der Waals surface area (Å²) in [4.78, 5) is 17.1. The smallest absolute Gasteiger partial charge is 0.368 e. The second kappa shape index (κ2) is 8.45. The minimum atomic E-state index is -4.02. The van der Waals surface area contributed by atoms with Gasteiger partial charge in [0.25, 0.3) is 0 Å². The molecular formula is C23H17NO6S. The molecule has 0 aromatic heterocycles. The van der Waals surface area contributed by atoms with E-state index in [2.05, 4.69) is 5.16 Å². The lowest BCUT2D eigenvalue weighted by Gasteiger charge is -2.11. The predicted octanol–water partition coefficient (Wildman–Crippen LogP) is 3.81. The molecule has 1 heterocycles. The van der Waals surface area contributed by atoms with E-state index in [9.17, 15) is 13.2 Å². The van der Waals surface area contributed by atoms with Crippen molar-refractivity contribution in [1.29, 1.82) is 0 Å². The van der Waals surface area contributed by atoms with Gasteiger partial charge in [-0.25, -0.2) is 4.79 Å². The van der Waals surface area contributed by atoms with E-state index in [1.807, 2.05) is 30.3 Å². The van der Waals surface area contributed by atoms with Crippen molar-refractivity contribution in [3.8, 4) is 11.5 Å². The van der Waals surface area contributed by atoms with Gasteiger partial charge >= 0.3 is 16.1 Å². The molecule has 7 nitrogen and oxygen atoms in total. The van der Waals surface area contributed by atoms with Crippen LogP contribution in [0.1, 0.15) is 11.1 Å². The largest absolute Gasteiger partial charge is 0.493 e. The van der Waals surface area contributed by atoms with Crippen LogP contribution in [0.2, 0.25) is 0 Å². The van der Waals surface area contributed by atoms with Gasteiger partial charge in [0.1, 0.15) is 10.6 Å². The third kappa shape index (κ3) is 4.34. The minimum Gasteiger partial charge on any atom is -0.493 e. The zero-order valence-electron chi connectivity index (χ0n) is 16.4. The van der Waals surface area contributed by atoms with E-state index in [0.29, 0.717) is 11.3 Å². The van der Waals surface area contributed by atoms with E-state index < -0.39 is 16.1 Å². The lowest BCUT2D eigenvalue weighted by molar-refractivity contribution is -0.136. The van der Waals surface area contributed by atoms with Crippen LogP contribution in [0.5, 0.6) is 11.5 Å². The summed E-state index contributed by atoms with van der Waals surface area (Å²) in [6.07, 6.45) is 1.60. The van der Waals surface area contributed by atoms with Crippen LogP contribution in [0.15, 0.2) is 94.5 Å². The number of methoxy groups -OCH3 is 1. The van der Waals surface area contributed by atoms with Crippen molar-refractivity contribution in [3.63, 3.8) is 0 Å². The Kier molecular flexibility index (Phi) is 5.55. The number of ether oxygens (including phenoxy) is 1. The van der Waals surface area contributed by atoms with Crippen LogP contribution in [0, 0.1) is 0 Å². The fourth-order valence-electron chi connectivity index (χ4n) is 2.98. The quantitative estimate of drug-likeness (QED) is 0.332. The predicted molar refractivity (Wildman–Crippen MR) is 114 cm³/mol. The van der Waals surface area contributed by atoms with Crippen molar-refractivity contribution in [2.45, 2.75) is 4.90 Å². The average Bonchev–Trinajstić information content (AvgIpc) is 3.16. The molecular weight excluding hydrogens is 418 g/mol. The number of carbonyl (C=O) groups is 1. The highest BCUT2D eigenvalue weighted by Crippen LogP contribution is 2.32. The summed E-state index contributed by atoms with van der Waals surface area (Å²) < 4.78 is 35.6. The molecule has 1 aliphatic rings. The SMILES string of the molecule is COc1cc(/C=C2\C(=O)ON=C2c2ccccc2)ccc1OS(=O)(=O)c1ccccc1. The fourth-order valence-corrected chi connectivity index (χ4v) is 3.94. The lowest BCUT2D eigenvalue weighted by atomic mass is 10.0. The molecule has 156 valence electrons. The van der Waals surface area contributed by atoms with E-state index in [4.69, 9.17) is 13.8 Å². The number of carbonyl (C=O) groups excluding carboxylic acids is 1. The molecule has 0 unspecified atom stereocenters. The van der Waals surface area contributed by atoms with Crippen molar-refractivity contribution in [2.24, 2.45) is 5.16 Å². The fraction of sp³-hybridized carbons (Fsp3) is 0.0435. The van der Waals surface area contributed by atoms with E-state index in [1.165, 1.54) is 25.3 Å². The Balaban J connectivity index is 1.65. The molecule has 3 aromatic carbocycles. The maximum absolute atomic E-state index is 12.5. The normalized spacial score (nSPS) is 14.8. The summed E-state index contributed by atoms with van der Waals surface area (Å²) in [5.41, 5.74) is 2.01. The number of hydrogen-bond acceptors (Lipinski definition) is 7. The van der Waals surface area contributed by atoms with E-state index >= 15 is 0 Å². The molecule has 0 radical (unpaired) electrons. The van der Waals surface area contributed by atoms with Gasteiger partial charge in [-0.15, -0.1) is 0 Å². The summed E-state index contributed by atoms with van der Waals surface area (Å²) in [6, 6.07) is 21.6. The van der Waals surface area contributed by atoms with Crippen LogP contribution < -0.4 is 8.92 Å². The molecule has 0 atom stereocenters. The second-order valence-electron chi connectivity index (χ2n) is 6.50. The first-order chi connectivity index (χ1) is 15.0. The van der Waals surface area contributed by atoms with Gasteiger partial charge in [0.2, 0.25) is 0 Å². The van der Waals surface area contributed by atoms with Crippen molar-refractivity contribution in [3.05, 3.63) is 95.6 Å². The van der Waals surface area contributed by atoms with Gasteiger partial charge in [-0.05, 0) is 35.9 Å². The van der Waals surface area contributed by atoms with E-state index in [-0.39, 0.29) is 22.0 Å². The standard InChI is InChI=1S/C23H17NO6S/c1-28-21-15-16(12-13-20(21)30-31(26,27)18-10-6-3-7-11-18)14-19-22(24-29-23(19)25)17-8-4-2-5-9-17/h2-15H,1H3/b19-14-. The van der Waals surface area contributed by atoms with Crippen LogP contribution in [-0.2, 0) is 19.8 Å². The topological polar surface area (TPSA) is 91.3 Å². The molecule has 0 saturated carbocycles. The molecule has 3 aromatic rings. The Bertz CT molecular complexity index is 1280. The van der Waals surface area contributed by atoms with Gasteiger partial charge in [0, 0.05) is 5.56 Å². The van der Waals surface area contributed by atoms with Crippen LogP contribution in [0.25, 0.3) is 6.08 Å². The van der Waals surface area contributed by atoms with Gasteiger partial charge in [-0.3, -0.25) is 0 Å². The first-order valence-corrected chi connectivity index (χ1v) is 10.6. The maximum atomic E-state index is 12.5. The van der Waals surface area contributed by atoms with Gasteiger partial charge in [0.15, 0.2) is 11.5 Å². The van der Waals surface area contributed by atoms with E-state index in [1.54, 1.807) is 36.4 Å². The Morgan fingerprint density at radius 1 is 0.903 bits per heavy atom. The lowest BCUT2D eigenvalue weighted by Crippen LogP contribution is -2.10. The van der Waals surface area contributed by atoms with Crippen LogP contribution in [0.3, 0.4) is 0 Å². The summed E-state index contributed by atoms with van der Waals surface area (Å²) in [5.74, 6) is -0.359. The number of nitrogens with zero attached hydrogens (tertiary/aromatic N) is 1. The number of hydrogen-bond donors (Lipinski definition) is 0. The van der Waals surface area contributed by atoms with Crippen LogP contribution in [0.4, 0.5) is 0 Å². The number of oxime groups is 1. The third-order valence-electron chi connectivity index (χ3n) is 4.47. The molecule has 1 aliphatic heterocycles. The average molecular weight is 435 g/mol. The zero-order valence-corrected chi connectivity index (χ0v) is 17.2. The first kappa shape index (κ1) is 20.4. The molecule has 0 amide bonds. The monoisotopic (exact) mass is 435 g/mol. The Morgan fingerprint density at radius 2 is 1.58 bits per heavy atom. The van der Waals surface area contributed by atoms with Crippen LogP contribution >= 0.6 is 0 Å².